The molecule has 2 aromatic rings. The SMILES string of the molecule is CC(C)CCc1ccc(S(=O)(=O)Nc2cccc(SC(=O)N(C)C)c2)cc1. The van der Waals surface area contributed by atoms with E-state index in [0.717, 1.165) is 30.2 Å². The van der Waals surface area contributed by atoms with Crippen molar-refractivity contribution in [1.29, 1.82) is 0 Å². The lowest BCUT2D eigenvalue weighted by molar-refractivity contribution is 0.241. The van der Waals surface area contributed by atoms with Gasteiger partial charge in [0.05, 0.1) is 4.90 Å². The summed E-state index contributed by atoms with van der Waals surface area (Å²) < 4.78 is 27.8. The second-order valence-electron chi connectivity index (χ2n) is 6.97. The van der Waals surface area contributed by atoms with E-state index in [0.29, 0.717) is 16.5 Å². The normalized spacial score (nSPS) is 11.4. The topological polar surface area (TPSA) is 66.5 Å². The van der Waals surface area contributed by atoms with Gasteiger partial charge in [-0.3, -0.25) is 9.52 Å². The molecule has 5 nitrogen and oxygen atoms in total. The molecule has 0 saturated heterocycles. The highest BCUT2D eigenvalue weighted by Gasteiger charge is 2.15. The Balaban J connectivity index is 2.10. The summed E-state index contributed by atoms with van der Waals surface area (Å²) in [5, 5.41) is -0.119. The van der Waals surface area contributed by atoms with E-state index < -0.39 is 10.0 Å². The van der Waals surface area contributed by atoms with Crippen LogP contribution in [-0.2, 0) is 16.4 Å². The maximum absolute atomic E-state index is 12.6. The summed E-state index contributed by atoms with van der Waals surface area (Å²) in [6, 6.07) is 13.8. The minimum atomic E-state index is -3.68. The Hall–Kier alpha value is -1.99. The number of rotatable bonds is 7. The summed E-state index contributed by atoms with van der Waals surface area (Å²) in [7, 11) is -0.331. The summed E-state index contributed by atoms with van der Waals surface area (Å²) in [4.78, 5) is 14.2. The minimum Gasteiger partial charge on any atom is -0.339 e. The van der Waals surface area contributed by atoms with Gasteiger partial charge in [0.1, 0.15) is 0 Å². The molecule has 146 valence electrons. The predicted molar refractivity (Wildman–Crippen MR) is 112 cm³/mol. The van der Waals surface area contributed by atoms with Crippen molar-refractivity contribution in [3.05, 3.63) is 54.1 Å². The van der Waals surface area contributed by atoms with Crippen LogP contribution in [0.3, 0.4) is 0 Å². The lowest BCUT2D eigenvalue weighted by Gasteiger charge is -2.12. The molecule has 0 fully saturated rings. The summed E-state index contributed by atoms with van der Waals surface area (Å²) in [6.45, 7) is 4.34. The number of benzene rings is 2. The fraction of sp³-hybridized carbons (Fsp3) is 0.350. The highest BCUT2D eigenvalue weighted by Crippen LogP contribution is 2.25. The van der Waals surface area contributed by atoms with Crippen molar-refractivity contribution in [3.63, 3.8) is 0 Å². The van der Waals surface area contributed by atoms with Gasteiger partial charge in [-0.05, 0) is 66.4 Å². The molecule has 27 heavy (non-hydrogen) atoms. The van der Waals surface area contributed by atoms with Crippen molar-refractivity contribution >= 4 is 32.7 Å². The molecule has 0 unspecified atom stereocenters. The van der Waals surface area contributed by atoms with Crippen LogP contribution in [0.15, 0.2) is 58.3 Å². The highest BCUT2D eigenvalue weighted by molar-refractivity contribution is 8.13. The Labute approximate surface area is 166 Å². The number of nitrogens with one attached hydrogen (secondary N) is 1. The molecule has 0 aliphatic heterocycles. The molecule has 0 bridgehead atoms. The molecule has 0 spiro atoms. The van der Waals surface area contributed by atoms with Gasteiger partial charge in [-0.25, -0.2) is 8.42 Å². The number of hydrogen-bond donors (Lipinski definition) is 1. The second kappa shape index (κ2) is 9.28. The van der Waals surface area contributed by atoms with E-state index >= 15 is 0 Å². The van der Waals surface area contributed by atoms with E-state index in [2.05, 4.69) is 18.6 Å². The van der Waals surface area contributed by atoms with E-state index in [4.69, 9.17) is 0 Å². The summed E-state index contributed by atoms with van der Waals surface area (Å²) in [6.07, 6.45) is 2.01. The molecular formula is C20H26N2O3S2. The van der Waals surface area contributed by atoms with Crippen LogP contribution in [0.5, 0.6) is 0 Å². The zero-order chi connectivity index (χ0) is 20.0. The van der Waals surface area contributed by atoms with Crippen LogP contribution in [0.1, 0.15) is 25.8 Å². The van der Waals surface area contributed by atoms with Crippen LogP contribution < -0.4 is 4.72 Å². The molecule has 1 N–H and O–H groups in total. The molecule has 0 aromatic heterocycles. The van der Waals surface area contributed by atoms with Gasteiger partial charge in [-0.2, -0.15) is 0 Å². The van der Waals surface area contributed by atoms with Gasteiger partial charge in [0, 0.05) is 24.7 Å². The van der Waals surface area contributed by atoms with Crippen LogP contribution >= 0.6 is 11.8 Å². The van der Waals surface area contributed by atoms with Gasteiger partial charge in [-0.1, -0.05) is 32.0 Å². The first-order valence-corrected chi connectivity index (χ1v) is 11.1. The molecule has 1 amide bonds. The molecule has 0 heterocycles. The molecule has 0 radical (unpaired) electrons. The Morgan fingerprint density at radius 2 is 1.78 bits per heavy atom. The summed E-state index contributed by atoms with van der Waals surface area (Å²) >= 11 is 1.05. The molecule has 0 aliphatic carbocycles. The standard InChI is InChI=1S/C20H26N2O3S2/c1-15(2)8-9-16-10-12-19(13-11-16)27(24,25)21-17-6-5-7-18(14-17)26-20(23)22(3)4/h5-7,10-15,21H,8-9H2,1-4H3. The number of carbonyl (C=O) groups is 1. The zero-order valence-corrected chi connectivity index (χ0v) is 17.7. The number of aryl methyl sites for hydroxylation is 1. The first kappa shape index (κ1) is 21.3. The Kier molecular flexibility index (Phi) is 7.33. The number of nitrogens with zero attached hydrogens (tertiary/aromatic N) is 1. The van der Waals surface area contributed by atoms with Crippen LogP contribution in [0.4, 0.5) is 10.5 Å². The van der Waals surface area contributed by atoms with Gasteiger partial charge < -0.3 is 4.90 Å². The van der Waals surface area contributed by atoms with Crippen molar-refractivity contribution in [1.82, 2.24) is 4.90 Å². The maximum Gasteiger partial charge on any atom is 0.285 e. The van der Waals surface area contributed by atoms with Crippen molar-refractivity contribution in [3.8, 4) is 0 Å². The molecule has 0 atom stereocenters. The fourth-order valence-corrected chi connectivity index (χ4v) is 4.09. The third kappa shape index (κ3) is 6.59. The average molecular weight is 407 g/mol. The van der Waals surface area contributed by atoms with E-state index in [1.165, 1.54) is 4.90 Å². The van der Waals surface area contributed by atoms with E-state index in [9.17, 15) is 13.2 Å². The highest BCUT2D eigenvalue weighted by atomic mass is 32.2. The molecule has 0 saturated carbocycles. The first-order valence-electron chi connectivity index (χ1n) is 8.78. The Bertz CT molecular complexity index is 876. The van der Waals surface area contributed by atoms with E-state index in [-0.39, 0.29) is 10.1 Å². The van der Waals surface area contributed by atoms with Gasteiger partial charge in [0.2, 0.25) is 0 Å². The summed E-state index contributed by atoms with van der Waals surface area (Å²) in [5.41, 5.74) is 1.55. The summed E-state index contributed by atoms with van der Waals surface area (Å²) in [5.74, 6) is 0.611. The van der Waals surface area contributed by atoms with Crippen LogP contribution in [0.25, 0.3) is 0 Å². The number of hydrogen-bond acceptors (Lipinski definition) is 4. The smallest absolute Gasteiger partial charge is 0.285 e. The van der Waals surface area contributed by atoms with Crippen LogP contribution in [0, 0.1) is 5.92 Å². The van der Waals surface area contributed by atoms with Gasteiger partial charge in [0.15, 0.2) is 0 Å². The third-order valence-electron chi connectivity index (χ3n) is 3.90. The van der Waals surface area contributed by atoms with Crippen molar-refractivity contribution in [2.24, 2.45) is 5.92 Å². The van der Waals surface area contributed by atoms with Gasteiger partial charge in [0.25, 0.3) is 15.3 Å². The predicted octanol–water partition coefficient (Wildman–Crippen LogP) is 4.85. The van der Waals surface area contributed by atoms with E-state index in [1.54, 1.807) is 50.5 Å². The largest absolute Gasteiger partial charge is 0.339 e. The average Bonchev–Trinajstić information content (AvgIpc) is 2.60. The van der Waals surface area contributed by atoms with Crippen molar-refractivity contribution in [2.75, 3.05) is 18.8 Å². The number of thioether (sulfide) groups is 1. The quantitative estimate of drug-likeness (QED) is 0.668. The Morgan fingerprint density at radius 3 is 2.37 bits per heavy atom. The zero-order valence-electron chi connectivity index (χ0n) is 16.1. The fourth-order valence-electron chi connectivity index (χ4n) is 2.32. The lowest BCUT2D eigenvalue weighted by Crippen LogP contribution is -2.16. The molecule has 7 heteroatoms. The molecule has 0 aliphatic rings. The van der Waals surface area contributed by atoms with E-state index in [1.807, 2.05) is 12.1 Å². The van der Waals surface area contributed by atoms with Crippen LogP contribution in [-0.4, -0.2) is 32.7 Å². The Morgan fingerprint density at radius 1 is 1.11 bits per heavy atom. The van der Waals surface area contributed by atoms with Gasteiger partial charge >= 0.3 is 0 Å². The maximum atomic E-state index is 12.6. The second-order valence-corrected chi connectivity index (χ2v) is 9.68. The number of carbonyl (C=O) groups excluding carboxylic acids is 1. The van der Waals surface area contributed by atoms with Crippen molar-refractivity contribution < 1.29 is 13.2 Å². The van der Waals surface area contributed by atoms with Crippen molar-refractivity contribution in [2.45, 2.75) is 36.5 Å². The molecular weight excluding hydrogens is 380 g/mol. The lowest BCUT2D eigenvalue weighted by atomic mass is 10.0. The third-order valence-corrected chi connectivity index (χ3v) is 6.33. The number of sulfonamides is 1. The molecule has 2 rings (SSSR count). The van der Waals surface area contributed by atoms with Gasteiger partial charge in [-0.15, -0.1) is 0 Å². The monoisotopic (exact) mass is 406 g/mol. The minimum absolute atomic E-state index is 0.119. The number of anilines is 1. The van der Waals surface area contributed by atoms with Crippen LogP contribution in [0.2, 0.25) is 0 Å². The number of amides is 1. The molecule has 2 aromatic carbocycles. The first-order chi connectivity index (χ1) is 12.7.